The van der Waals surface area contributed by atoms with Crippen LogP contribution in [0.4, 0.5) is 0 Å². The molecule has 1 fully saturated rings. The molecule has 0 saturated carbocycles. The van der Waals surface area contributed by atoms with Crippen molar-refractivity contribution in [3.8, 4) is 0 Å². The number of rotatable bonds is 4. The SMILES string of the molecule is CCOC(=O)[C@H](C)O[C@@H]1CCCCO1. The number of hydrogen-bond acceptors (Lipinski definition) is 4. The van der Waals surface area contributed by atoms with Gasteiger partial charge in [0.1, 0.15) is 0 Å². The van der Waals surface area contributed by atoms with E-state index in [0.717, 1.165) is 25.9 Å². The highest BCUT2D eigenvalue weighted by Crippen LogP contribution is 2.15. The molecule has 0 amide bonds. The molecular weight excluding hydrogens is 184 g/mol. The first-order valence-corrected chi connectivity index (χ1v) is 5.17. The van der Waals surface area contributed by atoms with Crippen molar-refractivity contribution in [3.05, 3.63) is 0 Å². The van der Waals surface area contributed by atoms with Crippen molar-refractivity contribution in [3.63, 3.8) is 0 Å². The van der Waals surface area contributed by atoms with Crippen LogP contribution >= 0.6 is 0 Å². The molecule has 0 bridgehead atoms. The molecule has 0 aliphatic carbocycles. The van der Waals surface area contributed by atoms with E-state index in [2.05, 4.69) is 0 Å². The van der Waals surface area contributed by atoms with Crippen LogP contribution in [-0.2, 0) is 19.0 Å². The van der Waals surface area contributed by atoms with Gasteiger partial charge in [-0.25, -0.2) is 4.79 Å². The summed E-state index contributed by atoms with van der Waals surface area (Å²) >= 11 is 0. The molecule has 1 aliphatic rings. The van der Waals surface area contributed by atoms with Crippen LogP contribution < -0.4 is 0 Å². The summed E-state index contributed by atoms with van der Waals surface area (Å²) in [5.74, 6) is -0.318. The Hall–Kier alpha value is -0.610. The zero-order chi connectivity index (χ0) is 10.4. The van der Waals surface area contributed by atoms with Gasteiger partial charge in [0.15, 0.2) is 12.4 Å². The molecule has 2 atom stereocenters. The van der Waals surface area contributed by atoms with Gasteiger partial charge in [-0.1, -0.05) is 0 Å². The Morgan fingerprint density at radius 3 is 2.93 bits per heavy atom. The number of esters is 1. The summed E-state index contributed by atoms with van der Waals surface area (Å²) in [4.78, 5) is 11.2. The minimum Gasteiger partial charge on any atom is -0.464 e. The molecule has 0 unspecified atom stereocenters. The van der Waals surface area contributed by atoms with Gasteiger partial charge in [-0.15, -0.1) is 0 Å². The Bertz CT molecular complexity index is 175. The fourth-order valence-electron chi connectivity index (χ4n) is 1.36. The minimum absolute atomic E-state index is 0.233. The van der Waals surface area contributed by atoms with E-state index in [1.165, 1.54) is 0 Å². The normalized spacial score (nSPS) is 24.3. The lowest BCUT2D eigenvalue weighted by Crippen LogP contribution is -2.32. The monoisotopic (exact) mass is 202 g/mol. The van der Waals surface area contributed by atoms with Crippen LogP contribution in [0.3, 0.4) is 0 Å². The standard InChI is InChI=1S/C10H18O4/c1-3-12-10(11)8(2)14-9-6-4-5-7-13-9/h8-9H,3-7H2,1-2H3/t8-,9+/m0/s1. The largest absolute Gasteiger partial charge is 0.464 e. The minimum atomic E-state index is -0.530. The van der Waals surface area contributed by atoms with Gasteiger partial charge in [0.25, 0.3) is 0 Å². The van der Waals surface area contributed by atoms with Crippen LogP contribution in [0.25, 0.3) is 0 Å². The molecule has 0 aromatic rings. The molecule has 1 rings (SSSR count). The molecule has 1 heterocycles. The second-order valence-electron chi connectivity index (χ2n) is 3.33. The number of hydrogen-bond donors (Lipinski definition) is 0. The van der Waals surface area contributed by atoms with Gasteiger partial charge in [0.2, 0.25) is 0 Å². The first-order chi connectivity index (χ1) is 6.74. The molecule has 0 N–H and O–H groups in total. The molecule has 82 valence electrons. The van der Waals surface area contributed by atoms with Crippen LogP contribution in [0, 0.1) is 0 Å². The smallest absolute Gasteiger partial charge is 0.335 e. The van der Waals surface area contributed by atoms with Crippen molar-refractivity contribution in [2.24, 2.45) is 0 Å². The number of carbonyl (C=O) groups excluding carboxylic acids is 1. The summed E-state index contributed by atoms with van der Waals surface area (Å²) in [5, 5.41) is 0. The Morgan fingerprint density at radius 2 is 2.36 bits per heavy atom. The summed E-state index contributed by atoms with van der Waals surface area (Å²) in [7, 11) is 0. The van der Waals surface area contributed by atoms with Crippen molar-refractivity contribution < 1.29 is 19.0 Å². The molecule has 4 nitrogen and oxygen atoms in total. The highest BCUT2D eigenvalue weighted by molar-refractivity contribution is 5.74. The molecule has 4 heteroatoms. The summed E-state index contributed by atoms with van der Waals surface area (Å²) < 4.78 is 15.6. The average Bonchev–Trinajstić information content (AvgIpc) is 2.19. The molecular formula is C10H18O4. The van der Waals surface area contributed by atoms with Crippen LogP contribution in [0.15, 0.2) is 0 Å². The highest BCUT2D eigenvalue weighted by Gasteiger charge is 2.22. The van der Waals surface area contributed by atoms with Gasteiger partial charge >= 0.3 is 5.97 Å². The van der Waals surface area contributed by atoms with E-state index in [0.29, 0.717) is 6.61 Å². The van der Waals surface area contributed by atoms with Crippen molar-refractivity contribution in [1.29, 1.82) is 0 Å². The van der Waals surface area contributed by atoms with E-state index in [1.54, 1.807) is 13.8 Å². The fourth-order valence-corrected chi connectivity index (χ4v) is 1.36. The maximum Gasteiger partial charge on any atom is 0.335 e. The van der Waals surface area contributed by atoms with E-state index < -0.39 is 6.10 Å². The van der Waals surface area contributed by atoms with Crippen LogP contribution in [0.1, 0.15) is 33.1 Å². The Balaban J connectivity index is 2.24. The second kappa shape index (κ2) is 5.98. The predicted molar refractivity (Wildman–Crippen MR) is 50.8 cm³/mol. The number of ether oxygens (including phenoxy) is 3. The van der Waals surface area contributed by atoms with Crippen LogP contribution in [-0.4, -0.2) is 31.6 Å². The maximum atomic E-state index is 11.2. The van der Waals surface area contributed by atoms with Gasteiger partial charge in [-0.3, -0.25) is 0 Å². The van der Waals surface area contributed by atoms with E-state index >= 15 is 0 Å². The zero-order valence-corrected chi connectivity index (χ0v) is 8.82. The van der Waals surface area contributed by atoms with E-state index in [4.69, 9.17) is 14.2 Å². The van der Waals surface area contributed by atoms with Crippen LogP contribution in [0.2, 0.25) is 0 Å². The van der Waals surface area contributed by atoms with E-state index in [9.17, 15) is 4.79 Å². The van der Waals surface area contributed by atoms with Gasteiger partial charge in [-0.2, -0.15) is 0 Å². The summed E-state index contributed by atoms with van der Waals surface area (Å²) in [5.41, 5.74) is 0. The second-order valence-corrected chi connectivity index (χ2v) is 3.33. The Labute approximate surface area is 84.5 Å². The molecule has 1 aliphatic heterocycles. The summed E-state index contributed by atoms with van der Waals surface area (Å²) in [6, 6.07) is 0. The molecule has 14 heavy (non-hydrogen) atoms. The third kappa shape index (κ3) is 3.64. The maximum absolute atomic E-state index is 11.2. The predicted octanol–water partition coefficient (Wildman–Crippen LogP) is 1.48. The van der Waals surface area contributed by atoms with Crippen LogP contribution in [0.5, 0.6) is 0 Å². The lowest BCUT2D eigenvalue weighted by molar-refractivity contribution is -0.200. The quantitative estimate of drug-likeness (QED) is 0.648. The van der Waals surface area contributed by atoms with Gasteiger partial charge in [0, 0.05) is 6.61 Å². The fraction of sp³-hybridized carbons (Fsp3) is 0.900. The van der Waals surface area contributed by atoms with E-state index in [1.807, 2.05) is 0 Å². The first kappa shape index (κ1) is 11.5. The molecule has 0 spiro atoms. The Kier molecular flexibility index (Phi) is 4.90. The lowest BCUT2D eigenvalue weighted by atomic mass is 10.2. The van der Waals surface area contributed by atoms with E-state index in [-0.39, 0.29) is 12.3 Å². The van der Waals surface area contributed by atoms with Crippen molar-refractivity contribution in [1.82, 2.24) is 0 Å². The molecule has 1 saturated heterocycles. The van der Waals surface area contributed by atoms with Crippen molar-refractivity contribution >= 4 is 5.97 Å². The molecule has 0 aromatic carbocycles. The highest BCUT2D eigenvalue weighted by atomic mass is 16.7. The zero-order valence-electron chi connectivity index (χ0n) is 8.82. The van der Waals surface area contributed by atoms with Gasteiger partial charge in [-0.05, 0) is 33.1 Å². The summed E-state index contributed by atoms with van der Waals surface area (Å²) in [6.45, 7) is 4.58. The third-order valence-electron chi connectivity index (χ3n) is 2.11. The van der Waals surface area contributed by atoms with Crippen molar-refractivity contribution in [2.75, 3.05) is 13.2 Å². The van der Waals surface area contributed by atoms with Gasteiger partial charge in [0.05, 0.1) is 6.61 Å². The molecule has 0 radical (unpaired) electrons. The number of carbonyl (C=O) groups is 1. The lowest BCUT2D eigenvalue weighted by Gasteiger charge is -2.25. The molecule has 0 aromatic heterocycles. The Morgan fingerprint density at radius 1 is 1.57 bits per heavy atom. The first-order valence-electron chi connectivity index (χ1n) is 5.17. The third-order valence-corrected chi connectivity index (χ3v) is 2.11. The van der Waals surface area contributed by atoms with Gasteiger partial charge < -0.3 is 14.2 Å². The average molecular weight is 202 g/mol. The topological polar surface area (TPSA) is 44.8 Å². The van der Waals surface area contributed by atoms with Crippen molar-refractivity contribution in [2.45, 2.75) is 45.5 Å². The summed E-state index contributed by atoms with van der Waals surface area (Å²) in [6.07, 6.45) is 2.28.